The molecular weight excluding hydrogens is 372 g/mol. The van der Waals surface area contributed by atoms with Crippen LogP contribution in [0, 0.1) is 4.77 Å². The summed E-state index contributed by atoms with van der Waals surface area (Å²) in [6, 6.07) is 16.0. The average molecular weight is 397 g/mol. The third-order valence-corrected chi connectivity index (χ3v) is 4.33. The molecule has 1 N–H and O–H groups in total. The van der Waals surface area contributed by atoms with Crippen molar-refractivity contribution < 1.29 is 9.47 Å². The van der Waals surface area contributed by atoms with E-state index in [1.54, 1.807) is 18.0 Å². The first-order valence-corrected chi connectivity index (χ1v) is 9.57. The Labute approximate surface area is 169 Å². The Morgan fingerprint density at radius 1 is 1.14 bits per heavy atom. The molecule has 0 amide bonds. The van der Waals surface area contributed by atoms with E-state index in [1.165, 1.54) is 5.56 Å². The van der Waals surface area contributed by atoms with E-state index in [0.717, 1.165) is 24.2 Å². The lowest BCUT2D eigenvalue weighted by molar-refractivity contribution is 0.230. The fourth-order valence-electron chi connectivity index (χ4n) is 2.75. The second kappa shape index (κ2) is 9.32. The molecule has 1 aromatic heterocycles. The Bertz CT molecular complexity index is 993. The molecule has 2 aromatic carbocycles. The predicted molar refractivity (Wildman–Crippen MR) is 113 cm³/mol. The van der Waals surface area contributed by atoms with Gasteiger partial charge in [0.2, 0.25) is 4.77 Å². The topological polar surface area (TPSA) is 64.4 Å². The second-order valence-corrected chi connectivity index (χ2v) is 6.95. The highest BCUT2D eigenvalue weighted by molar-refractivity contribution is 7.71. The molecule has 3 aromatic rings. The van der Waals surface area contributed by atoms with Gasteiger partial charge < -0.3 is 9.47 Å². The van der Waals surface area contributed by atoms with Crippen LogP contribution in [-0.4, -0.2) is 34.3 Å². The Balaban J connectivity index is 1.79. The fraction of sp³-hybridized carbons (Fsp3) is 0.286. The number of aromatic nitrogens is 3. The smallest absolute Gasteiger partial charge is 0.216 e. The van der Waals surface area contributed by atoms with Gasteiger partial charge in [0, 0.05) is 6.42 Å². The minimum absolute atomic E-state index is 0.0492. The van der Waals surface area contributed by atoms with Crippen LogP contribution in [0.2, 0.25) is 0 Å². The lowest BCUT2D eigenvalue weighted by Gasteiger charge is -2.13. The Hall–Kier alpha value is -2.93. The van der Waals surface area contributed by atoms with Crippen LogP contribution in [0.5, 0.6) is 11.5 Å². The molecule has 3 rings (SSSR count). The highest BCUT2D eigenvalue weighted by atomic mass is 32.1. The van der Waals surface area contributed by atoms with Gasteiger partial charge in [-0.1, -0.05) is 30.3 Å². The molecule has 0 aliphatic rings. The Morgan fingerprint density at radius 2 is 1.93 bits per heavy atom. The SMILES string of the molecule is COc1ccc(/C=N\n2c(CCc3ccccc3)n[nH]c2=S)cc1OC(C)C. The molecule has 28 heavy (non-hydrogen) atoms. The number of hydrogen-bond donors (Lipinski definition) is 1. The van der Waals surface area contributed by atoms with Crippen LogP contribution >= 0.6 is 12.2 Å². The first-order valence-electron chi connectivity index (χ1n) is 9.16. The number of nitrogens with one attached hydrogen (secondary N) is 1. The maximum atomic E-state index is 5.82. The number of rotatable bonds is 8. The van der Waals surface area contributed by atoms with E-state index in [4.69, 9.17) is 21.7 Å². The predicted octanol–water partition coefficient (Wildman–Crippen LogP) is 4.40. The van der Waals surface area contributed by atoms with Gasteiger partial charge in [-0.2, -0.15) is 14.9 Å². The van der Waals surface area contributed by atoms with E-state index >= 15 is 0 Å². The van der Waals surface area contributed by atoms with Crippen molar-refractivity contribution >= 4 is 18.4 Å². The van der Waals surface area contributed by atoms with Crippen LogP contribution in [0.15, 0.2) is 53.6 Å². The number of H-pyrrole nitrogens is 1. The number of methoxy groups -OCH3 is 1. The van der Waals surface area contributed by atoms with Crippen LogP contribution in [0.1, 0.15) is 30.8 Å². The maximum Gasteiger partial charge on any atom is 0.216 e. The molecule has 0 bridgehead atoms. The highest BCUT2D eigenvalue weighted by Gasteiger charge is 2.08. The zero-order valence-electron chi connectivity index (χ0n) is 16.3. The lowest BCUT2D eigenvalue weighted by Crippen LogP contribution is -2.07. The quantitative estimate of drug-likeness (QED) is 0.453. The number of aryl methyl sites for hydroxylation is 2. The van der Waals surface area contributed by atoms with Gasteiger partial charge in [0.1, 0.15) is 0 Å². The normalized spacial score (nSPS) is 11.3. The summed E-state index contributed by atoms with van der Waals surface area (Å²) in [4.78, 5) is 0. The van der Waals surface area contributed by atoms with Crippen LogP contribution in [0.25, 0.3) is 0 Å². The van der Waals surface area contributed by atoms with Crippen LogP contribution in [0.4, 0.5) is 0 Å². The molecule has 7 heteroatoms. The molecule has 146 valence electrons. The molecule has 0 saturated carbocycles. The largest absolute Gasteiger partial charge is 0.493 e. The molecule has 0 unspecified atom stereocenters. The van der Waals surface area contributed by atoms with Crippen molar-refractivity contribution in [3.05, 3.63) is 70.3 Å². The first kappa shape index (κ1) is 19.8. The van der Waals surface area contributed by atoms with E-state index in [2.05, 4.69) is 27.4 Å². The molecule has 0 saturated heterocycles. The van der Waals surface area contributed by atoms with Crippen molar-refractivity contribution in [2.24, 2.45) is 5.10 Å². The minimum Gasteiger partial charge on any atom is -0.493 e. The van der Waals surface area contributed by atoms with Crippen molar-refractivity contribution in [2.45, 2.75) is 32.8 Å². The van der Waals surface area contributed by atoms with E-state index < -0.39 is 0 Å². The molecule has 0 aliphatic heterocycles. The summed E-state index contributed by atoms with van der Waals surface area (Å²) in [6.07, 6.45) is 3.39. The number of aromatic amines is 1. The van der Waals surface area contributed by atoms with Crippen LogP contribution in [0.3, 0.4) is 0 Å². The summed E-state index contributed by atoms with van der Waals surface area (Å²) in [5, 5.41) is 11.7. The Kier molecular flexibility index (Phi) is 6.60. The van der Waals surface area contributed by atoms with Gasteiger partial charge in [-0.3, -0.25) is 5.10 Å². The number of hydrogen-bond acceptors (Lipinski definition) is 5. The third kappa shape index (κ3) is 5.07. The van der Waals surface area contributed by atoms with Gasteiger partial charge in [0.15, 0.2) is 17.3 Å². The summed E-state index contributed by atoms with van der Waals surface area (Å²) < 4.78 is 13.3. The number of nitrogens with zero attached hydrogens (tertiary/aromatic N) is 3. The summed E-state index contributed by atoms with van der Waals surface area (Å²) in [6.45, 7) is 3.95. The Morgan fingerprint density at radius 3 is 2.64 bits per heavy atom. The van der Waals surface area contributed by atoms with Crippen molar-refractivity contribution in [1.82, 2.24) is 14.9 Å². The van der Waals surface area contributed by atoms with Gasteiger partial charge >= 0.3 is 0 Å². The first-order chi connectivity index (χ1) is 13.6. The zero-order valence-corrected chi connectivity index (χ0v) is 17.1. The van der Waals surface area contributed by atoms with Gasteiger partial charge in [-0.05, 0) is 61.8 Å². The van der Waals surface area contributed by atoms with Crippen molar-refractivity contribution in [2.75, 3.05) is 7.11 Å². The molecule has 1 heterocycles. The summed E-state index contributed by atoms with van der Waals surface area (Å²) in [5.74, 6) is 2.16. The van der Waals surface area contributed by atoms with Crippen molar-refractivity contribution in [3.8, 4) is 11.5 Å². The maximum absolute atomic E-state index is 5.82. The lowest BCUT2D eigenvalue weighted by atomic mass is 10.1. The molecule has 6 nitrogen and oxygen atoms in total. The van der Waals surface area contributed by atoms with E-state index in [-0.39, 0.29) is 6.10 Å². The molecule has 0 fully saturated rings. The summed E-state index contributed by atoms with van der Waals surface area (Å²) in [7, 11) is 1.63. The van der Waals surface area contributed by atoms with E-state index in [0.29, 0.717) is 16.3 Å². The highest BCUT2D eigenvalue weighted by Crippen LogP contribution is 2.28. The summed E-state index contributed by atoms with van der Waals surface area (Å²) >= 11 is 5.33. The van der Waals surface area contributed by atoms with Gasteiger partial charge in [-0.15, -0.1) is 0 Å². The molecule has 0 atom stereocenters. The standard InChI is InChI=1S/C21H24N4O2S/c1-15(2)27-19-13-17(9-11-18(19)26-3)14-22-25-20(23-24-21(25)28)12-10-16-7-5-4-6-8-16/h4-9,11,13-15H,10,12H2,1-3H3,(H,24,28)/b22-14-. The number of ether oxygens (including phenoxy) is 2. The fourth-order valence-corrected chi connectivity index (χ4v) is 2.95. The summed E-state index contributed by atoms with van der Waals surface area (Å²) in [5.41, 5.74) is 2.13. The molecular formula is C21H24N4O2S. The van der Waals surface area contributed by atoms with Gasteiger partial charge in [0.05, 0.1) is 19.4 Å². The van der Waals surface area contributed by atoms with Gasteiger partial charge in [-0.25, -0.2) is 0 Å². The molecule has 0 radical (unpaired) electrons. The second-order valence-electron chi connectivity index (χ2n) is 6.56. The average Bonchev–Trinajstić information content (AvgIpc) is 3.05. The minimum atomic E-state index is 0.0492. The zero-order chi connectivity index (χ0) is 19.9. The number of benzene rings is 2. The van der Waals surface area contributed by atoms with Crippen molar-refractivity contribution in [3.63, 3.8) is 0 Å². The van der Waals surface area contributed by atoms with E-state index in [9.17, 15) is 0 Å². The van der Waals surface area contributed by atoms with Crippen molar-refractivity contribution in [1.29, 1.82) is 0 Å². The molecule has 0 aliphatic carbocycles. The van der Waals surface area contributed by atoms with Crippen LogP contribution < -0.4 is 9.47 Å². The monoisotopic (exact) mass is 396 g/mol. The third-order valence-electron chi connectivity index (χ3n) is 4.07. The van der Waals surface area contributed by atoms with Gasteiger partial charge in [0.25, 0.3) is 0 Å². The molecule has 0 spiro atoms. The van der Waals surface area contributed by atoms with E-state index in [1.807, 2.05) is 50.2 Å². The van der Waals surface area contributed by atoms with Crippen LogP contribution in [-0.2, 0) is 12.8 Å².